The number of carbonyl (C=O) groups is 2. The smallest absolute Gasteiger partial charge is 0.243 e. The second kappa shape index (κ2) is 14.5. The number of rotatable bonds is 13. The standard InChI is InChI=1S/C31H38N2O2S/c1-4-5-19-32-31(35)29(20-26-15-7-6-8-16-26)33(21-27-17-11-9-13-24(27)2)30(34)23-36-22-28-18-12-10-14-25(28)3/h6-18,29H,4-5,19-23H2,1-3H3,(H,32,35)/t29-/m0/s1. The Labute approximate surface area is 220 Å². The number of hydrogen-bond donors (Lipinski definition) is 1. The van der Waals surface area contributed by atoms with Gasteiger partial charge in [-0.1, -0.05) is 92.2 Å². The lowest BCUT2D eigenvalue weighted by Gasteiger charge is -2.32. The van der Waals surface area contributed by atoms with Crippen molar-refractivity contribution >= 4 is 23.6 Å². The molecule has 0 aliphatic heterocycles. The Kier molecular flexibility index (Phi) is 11.1. The van der Waals surface area contributed by atoms with Crippen LogP contribution in [0.3, 0.4) is 0 Å². The fourth-order valence-electron chi connectivity index (χ4n) is 4.13. The molecule has 1 atom stereocenters. The van der Waals surface area contributed by atoms with E-state index in [1.807, 2.05) is 60.7 Å². The van der Waals surface area contributed by atoms with Crippen molar-refractivity contribution in [1.29, 1.82) is 0 Å². The Balaban J connectivity index is 1.85. The first-order valence-corrected chi connectivity index (χ1v) is 13.9. The van der Waals surface area contributed by atoms with Crippen LogP contribution < -0.4 is 5.32 Å². The van der Waals surface area contributed by atoms with Crippen LogP contribution in [0.5, 0.6) is 0 Å². The van der Waals surface area contributed by atoms with Gasteiger partial charge in [-0.3, -0.25) is 9.59 Å². The Hall–Kier alpha value is -3.05. The van der Waals surface area contributed by atoms with E-state index in [4.69, 9.17) is 0 Å². The van der Waals surface area contributed by atoms with Crippen LogP contribution in [-0.2, 0) is 28.3 Å². The van der Waals surface area contributed by atoms with Crippen LogP contribution in [0, 0.1) is 13.8 Å². The van der Waals surface area contributed by atoms with Crippen LogP contribution in [0.1, 0.15) is 47.6 Å². The third-order valence-corrected chi connectivity index (χ3v) is 7.41. The molecule has 0 radical (unpaired) electrons. The van der Waals surface area contributed by atoms with Gasteiger partial charge in [0.2, 0.25) is 11.8 Å². The fraction of sp³-hybridized carbons (Fsp3) is 0.355. The molecule has 0 saturated heterocycles. The SMILES string of the molecule is CCCCNC(=O)[C@H](Cc1ccccc1)N(Cc1ccccc1C)C(=O)CSCc1ccccc1C. The maximum absolute atomic E-state index is 13.7. The van der Waals surface area contributed by atoms with Crippen molar-refractivity contribution in [1.82, 2.24) is 10.2 Å². The van der Waals surface area contributed by atoms with Crippen molar-refractivity contribution in [2.24, 2.45) is 0 Å². The first kappa shape index (κ1) is 27.5. The quantitative estimate of drug-likeness (QED) is 0.288. The van der Waals surface area contributed by atoms with Gasteiger partial charge in [-0.05, 0) is 48.1 Å². The van der Waals surface area contributed by atoms with Crippen molar-refractivity contribution in [3.8, 4) is 0 Å². The largest absolute Gasteiger partial charge is 0.354 e. The Bertz CT molecular complexity index is 1120. The molecular weight excluding hydrogens is 464 g/mol. The highest BCUT2D eigenvalue weighted by atomic mass is 32.2. The predicted octanol–water partition coefficient (Wildman–Crippen LogP) is 6.09. The number of nitrogens with one attached hydrogen (secondary N) is 1. The Morgan fingerprint density at radius 1 is 0.861 bits per heavy atom. The summed E-state index contributed by atoms with van der Waals surface area (Å²) in [6.07, 6.45) is 2.41. The lowest BCUT2D eigenvalue weighted by atomic mass is 10.0. The molecule has 0 saturated carbocycles. The van der Waals surface area contributed by atoms with E-state index in [9.17, 15) is 9.59 Å². The minimum atomic E-state index is -0.574. The van der Waals surface area contributed by atoms with E-state index >= 15 is 0 Å². The Morgan fingerprint density at radius 2 is 1.47 bits per heavy atom. The molecule has 190 valence electrons. The zero-order valence-electron chi connectivity index (χ0n) is 21.7. The van der Waals surface area contributed by atoms with Crippen LogP contribution in [0.4, 0.5) is 0 Å². The van der Waals surface area contributed by atoms with E-state index in [1.165, 1.54) is 11.1 Å². The molecule has 4 nitrogen and oxygen atoms in total. The molecule has 5 heteroatoms. The summed E-state index contributed by atoms with van der Waals surface area (Å²) in [6.45, 7) is 7.29. The summed E-state index contributed by atoms with van der Waals surface area (Å²) in [5.74, 6) is 0.998. The van der Waals surface area contributed by atoms with Gasteiger partial charge < -0.3 is 10.2 Å². The van der Waals surface area contributed by atoms with Crippen LogP contribution in [0.15, 0.2) is 78.9 Å². The average molecular weight is 503 g/mol. The number of benzene rings is 3. The summed E-state index contributed by atoms with van der Waals surface area (Å²) in [7, 11) is 0. The molecule has 36 heavy (non-hydrogen) atoms. The summed E-state index contributed by atoms with van der Waals surface area (Å²) < 4.78 is 0. The van der Waals surface area contributed by atoms with Crippen molar-refractivity contribution < 1.29 is 9.59 Å². The van der Waals surface area contributed by atoms with E-state index in [-0.39, 0.29) is 11.8 Å². The lowest BCUT2D eigenvalue weighted by Crippen LogP contribution is -2.51. The van der Waals surface area contributed by atoms with Gasteiger partial charge in [0, 0.05) is 25.3 Å². The summed E-state index contributed by atoms with van der Waals surface area (Å²) in [6, 6.07) is 25.8. The zero-order chi connectivity index (χ0) is 25.8. The number of nitrogens with zero attached hydrogens (tertiary/aromatic N) is 1. The molecule has 0 aliphatic rings. The first-order chi connectivity index (χ1) is 17.5. The van der Waals surface area contributed by atoms with Gasteiger partial charge in [-0.2, -0.15) is 0 Å². The molecule has 0 bridgehead atoms. The predicted molar refractivity (Wildman–Crippen MR) is 151 cm³/mol. The molecule has 3 aromatic carbocycles. The molecule has 0 heterocycles. The molecule has 1 N–H and O–H groups in total. The van der Waals surface area contributed by atoms with E-state index in [1.54, 1.807) is 16.7 Å². The molecule has 0 spiro atoms. The first-order valence-electron chi connectivity index (χ1n) is 12.8. The normalized spacial score (nSPS) is 11.6. The Morgan fingerprint density at radius 3 is 2.11 bits per heavy atom. The fourth-order valence-corrected chi connectivity index (χ4v) is 5.12. The maximum atomic E-state index is 13.7. The lowest BCUT2D eigenvalue weighted by molar-refractivity contribution is -0.139. The maximum Gasteiger partial charge on any atom is 0.243 e. The molecule has 0 fully saturated rings. The molecule has 0 aliphatic carbocycles. The minimum Gasteiger partial charge on any atom is -0.354 e. The monoisotopic (exact) mass is 502 g/mol. The van der Waals surface area contributed by atoms with E-state index in [2.05, 4.69) is 44.3 Å². The van der Waals surface area contributed by atoms with E-state index < -0.39 is 6.04 Å². The summed E-state index contributed by atoms with van der Waals surface area (Å²) >= 11 is 1.61. The number of thioether (sulfide) groups is 1. The van der Waals surface area contributed by atoms with Gasteiger partial charge in [0.1, 0.15) is 6.04 Å². The topological polar surface area (TPSA) is 49.4 Å². The van der Waals surface area contributed by atoms with Crippen LogP contribution >= 0.6 is 11.8 Å². The molecule has 0 aromatic heterocycles. The highest BCUT2D eigenvalue weighted by Crippen LogP contribution is 2.21. The number of amides is 2. The number of carbonyl (C=O) groups excluding carboxylic acids is 2. The minimum absolute atomic E-state index is 0.0107. The van der Waals surface area contributed by atoms with Gasteiger partial charge in [0.25, 0.3) is 0 Å². The van der Waals surface area contributed by atoms with E-state index in [0.717, 1.165) is 35.3 Å². The van der Waals surface area contributed by atoms with Gasteiger partial charge in [0.15, 0.2) is 0 Å². The van der Waals surface area contributed by atoms with Crippen molar-refractivity contribution in [3.63, 3.8) is 0 Å². The van der Waals surface area contributed by atoms with Crippen LogP contribution in [0.25, 0.3) is 0 Å². The second-order valence-electron chi connectivity index (χ2n) is 9.22. The van der Waals surface area contributed by atoms with Gasteiger partial charge in [-0.25, -0.2) is 0 Å². The van der Waals surface area contributed by atoms with Crippen LogP contribution in [-0.4, -0.2) is 35.1 Å². The number of aryl methyl sites for hydroxylation is 2. The zero-order valence-corrected chi connectivity index (χ0v) is 22.5. The third-order valence-electron chi connectivity index (χ3n) is 6.45. The average Bonchev–Trinajstić information content (AvgIpc) is 2.89. The summed E-state index contributed by atoms with van der Waals surface area (Å²) in [4.78, 5) is 29.0. The third kappa shape index (κ3) is 8.27. The molecule has 2 amide bonds. The summed E-state index contributed by atoms with van der Waals surface area (Å²) in [5.41, 5.74) is 5.69. The molecule has 3 rings (SSSR count). The van der Waals surface area contributed by atoms with Gasteiger partial charge in [-0.15, -0.1) is 11.8 Å². The molecular formula is C31H38N2O2S. The number of hydrogen-bond acceptors (Lipinski definition) is 3. The molecule has 3 aromatic rings. The van der Waals surface area contributed by atoms with Crippen molar-refractivity contribution in [3.05, 3.63) is 107 Å². The van der Waals surface area contributed by atoms with Crippen molar-refractivity contribution in [2.75, 3.05) is 12.3 Å². The molecule has 0 unspecified atom stereocenters. The highest BCUT2D eigenvalue weighted by molar-refractivity contribution is 7.99. The van der Waals surface area contributed by atoms with Gasteiger partial charge >= 0.3 is 0 Å². The van der Waals surface area contributed by atoms with E-state index in [0.29, 0.717) is 25.3 Å². The second-order valence-corrected chi connectivity index (χ2v) is 10.2. The van der Waals surface area contributed by atoms with Gasteiger partial charge in [0.05, 0.1) is 5.75 Å². The van der Waals surface area contributed by atoms with Crippen molar-refractivity contribution in [2.45, 2.75) is 58.4 Å². The summed E-state index contributed by atoms with van der Waals surface area (Å²) in [5, 5.41) is 3.09. The van der Waals surface area contributed by atoms with Crippen LogP contribution in [0.2, 0.25) is 0 Å². The highest BCUT2D eigenvalue weighted by Gasteiger charge is 2.30. The number of unbranched alkanes of at least 4 members (excludes halogenated alkanes) is 1.